The normalized spacial score (nSPS) is 19.9. The predicted octanol–water partition coefficient (Wildman–Crippen LogP) is 2.09. The summed E-state index contributed by atoms with van der Waals surface area (Å²) in [7, 11) is 0. The minimum atomic E-state index is 0.147. The molecule has 3 rings (SSSR count). The van der Waals surface area contributed by atoms with Crippen LogP contribution in [0.4, 0.5) is 5.82 Å². The van der Waals surface area contributed by atoms with Crippen LogP contribution in [0.25, 0.3) is 0 Å². The number of amides is 1. The van der Waals surface area contributed by atoms with Crippen LogP contribution in [0.3, 0.4) is 0 Å². The minimum absolute atomic E-state index is 0.147. The fourth-order valence-electron chi connectivity index (χ4n) is 2.85. The molecule has 0 radical (unpaired) electrons. The fraction of sp³-hybridized carbons (Fsp3) is 0.688. The number of hydrogen-bond donors (Lipinski definition) is 1. The van der Waals surface area contributed by atoms with Gasteiger partial charge in [0.05, 0.1) is 0 Å². The maximum Gasteiger partial charge on any atom is 0.223 e. The van der Waals surface area contributed by atoms with Crippen LogP contribution in [0.2, 0.25) is 0 Å². The fourth-order valence-corrected chi connectivity index (χ4v) is 2.85. The summed E-state index contributed by atoms with van der Waals surface area (Å²) in [6, 6.07) is 2.21. The third-order valence-corrected chi connectivity index (χ3v) is 4.22. The molecule has 1 aromatic rings. The van der Waals surface area contributed by atoms with Crippen molar-refractivity contribution in [2.45, 2.75) is 51.5 Å². The molecule has 2 aliphatic rings. The molecule has 0 aromatic carbocycles. The third kappa shape index (κ3) is 3.52. The summed E-state index contributed by atoms with van der Waals surface area (Å²) in [5.41, 5.74) is 0. The van der Waals surface area contributed by atoms with Gasteiger partial charge < -0.3 is 10.2 Å². The van der Waals surface area contributed by atoms with Crippen LogP contribution in [0.1, 0.15) is 51.3 Å². The molecule has 2 heterocycles. The summed E-state index contributed by atoms with van der Waals surface area (Å²) in [6.07, 6.45) is 6.12. The molecule has 21 heavy (non-hydrogen) atoms. The van der Waals surface area contributed by atoms with E-state index in [0.717, 1.165) is 37.6 Å². The number of piperidine rings is 1. The number of aromatic nitrogens is 2. The SMILES string of the molecule is CC(C)NC(=O)C1CCN(c2ccnc(C3CC3)n2)CC1. The van der Waals surface area contributed by atoms with Gasteiger partial charge in [-0.2, -0.15) is 0 Å². The van der Waals surface area contributed by atoms with Gasteiger partial charge in [-0.3, -0.25) is 4.79 Å². The summed E-state index contributed by atoms with van der Waals surface area (Å²) in [5.74, 6) is 2.94. The molecule has 0 unspecified atom stereocenters. The Balaban J connectivity index is 1.58. The first kappa shape index (κ1) is 14.3. The molecule has 1 aliphatic carbocycles. The molecule has 0 spiro atoms. The summed E-state index contributed by atoms with van der Waals surface area (Å²) in [6.45, 7) is 5.81. The Bertz CT molecular complexity index is 505. The highest BCUT2D eigenvalue weighted by atomic mass is 16.1. The van der Waals surface area contributed by atoms with Crippen molar-refractivity contribution in [3.63, 3.8) is 0 Å². The van der Waals surface area contributed by atoms with Crippen molar-refractivity contribution in [1.29, 1.82) is 0 Å². The highest BCUT2D eigenvalue weighted by molar-refractivity contribution is 5.79. The molecule has 1 aliphatic heterocycles. The quantitative estimate of drug-likeness (QED) is 0.921. The Morgan fingerprint density at radius 3 is 2.62 bits per heavy atom. The Morgan fingerprint density at radius 1 is 1.29 bits per heavy atom. The van der Waals surface area contributed by atoms with Crippen LogP contribution >= 0.6 is 0 Å². The van der Waals surface area contributed by atoms with Gasteiger partial charge in [0, 0.05) is 37.2 Å². The zero-order valence-corrected chi connectivity index (χ0v) is 12.9. The summed E-state index contributed by atoms with van der Waals surface area (Å²) in [5, 5.41) is 3.02. The molecular weight excluding hydrogens is 264 g/mol. The van der Waals surface area contributed by atoms with Gasteiger partial charge in [-0.1, -0.05) is 0 Å². The van der Waals surface area contributed by atoms with E-state index in [1.54, 1.807) is 0 Å². The third-order valence-electron chi connectivity index (χ3n) is 4.22. The Hall–Kier alpha value is -1.65. The van der Waals surface area contributed by atoms with Gasteiger partial charge in [0.15, 0.2) is 0 Å². The highest BCUT2D eigenvalue weighted by Crippen LogP contribution is 2.38. The monoisotopic (exact) mass is 288 g/mol. The van der Waals surface area contributed by atoms with Gasteiger partial charge in [0.2, 0.25) is 5.91 Å². The minimum Gasteiger partial charge on any atom is -0.356 e. The molecule has 1 saturated heterocycles. The average Bonchev–Trinajstić information content (AvgIpc) is 3.31. The highest BCUT2D eigenvalue weighted by Gasteiger charge is 2.29. The molecule has 1 amide bonds. The van der Waals surface area contributed by atoms with Crippen molar-refractivity contribution in [3.05, 3.63) is 18.1 Å². The lowest BCUT2D eigenvalue weighted by Crippen LogP contribution is -2.42. The molecule has 2 fully saturated rings. The zero-order chi connectivity index (χ0) is 14.8. The van der Waals surface area contributed by atoms with E-state index in [1.807, 2.05) is 26.1 Å². The molecule has 1 N–H and O–H groups in total. The largest absolute Gasteiger partial charge is 0.356 e. The van der Waals surface area contributed by atoms with Gasteiger partial charge >= 0.3 is 0 Å². The molecule has 1 aromatic heterocycles. The van der Waals surface area contributed by atoms with Crippen LogP contribution in [0.5, 0.6) is 0 Å². The molecule has 0 bridgehead atoms. The molecule has 5 nitrogen and oxygen atoms in total. The van der Waals surface area contributed by atoms with E-state index >= 15 is 0 Å². The lowest BCUT2D eigenvalue weighted by Gasteiger charge is -2.32. The van der Waals surface area contributed by atoms with Gasteiger partial charge in [-0.25, -0.2) is 9.97 Å². The maximum atomic E-state index is 12.0. The summed E-state index contributed by atoms with van der Waals surface area (Å²) in [4.78, 5) is 23.4. The van der Waals surface area contributed by atoms with Crippen LogP contribution in [0.15, 0.2) is 12.3 Å². The smallest absolute Gasteiger partial charge is 0.223 e. The van der Waals surface area contributed by atoms with E-state index in [1.165, 1.54) is 12.8 Å². The first-order valence-corrected chi connectivity index (χ1v) is 8.01. The second-order valence-corrected chi connectivity index (χ2v) is 6.47. The van der Waals surface area contributed by atoms with Crippen LogP contribution in [0, 0.1) is 5.92 Å². The van der Waals surface area contributed by atoms with E-state index in [0.29, 0.717) is 5.92 Å². The molecule has 5 heteroatoms. The number of nitrogens with zero attached hydrogens (tertiary/aromatic N) is 3. The lowest BCUT2D eigenvalue weighted by molar-refractivity contribution is -0.126. The standard InChI is InChI=1S/C16H24N4O/c1-11(2)18-16(21)13-6-9-20(10-7-13)14-5-8-17-15(19-14)12-3-4-12/h5,8,11-13H,3-4,6-7,9-10H2,1-2H3,(H,18,21). The summed E-state index contributed by atoms with van der Waals surface area (Å²) >= 11 is 0. The Labute approximate surface area is 126 Å². The Morgan fingerprint density at radius 2 is 2.00 bits per heavy atom. The first-order valence-electron chi connectivity index (χ1n) is 8.01. The topological polar surface area (TPSA) is 58.1 Å². The number of hydrogen-bond acceptors (Lipinski definition) is 4. The molecule has 1 saturated carbocycles. The van der Waals surface area contributed by atoms with E-state index in [2.05, 4.69) is 15.2 Å². The number of nitrogens with one attached hydrogen (secondary N) is 1. The lowest BCUT2D eigenvalue weighted by atomic mass is 9.95. The molecule has 0 atom stereocenters. The van der Waals surface area contributed by atoms with E-state index < -0.39 is 0 Å². The van der Waals surface area contributed by atoms with Gasteiger partial charge in [-0.15, -0.1) is 0 Å². The van der Waals surface area contributed by atoms with Crippen molar-refractivity contribution < 1.29 is 4.79 Å². The van der Waals surface area contributed by atoms with Gasteiger partial charge in [0.25, 0.3) is 0 Å². The van der Waals surface area contributed by atoms with Crippen molar-refractivity contribution in [2.75, 3.05) is 18.0 Å². The Kier molecular flexibility index (Phi) is 4.08. The number of anilines is 1. The number of rotatable bonds is 4. The van der Waals surface area contributed by atoms with Crippen molar-refractivity contribution >= 4 is 11.7 Å². The predicted molar refractivity (Wildman–Crippen MR) is 82.2 cm³/mol. The van der Waals surface area contributed by atoms with Crippen LogP contribution in [-0.4, -0.2) is 35.0 Å². The maximum absolute atomic E-state index is 12.0. The van der Waals surface area contributed by atoms with Crippen molar-refractivity contribution in [3.8, 4) is 0 Å². The average molecular weight is 288 g/mol. The van der Waals surface area contributed by atoms with E-state index in [-0.39, 0.29) is 17.9 Å². The second-order valence-electron chi connectivity index (χ2n) is 6.47. The number of carbonyl (C=O) groups is 1. The first-order chi connectivity index (χ1) is 10.1. The van der Waals surface area contributed by atoms with Crippen LogP contribution < -0.4 is 10.2 Å². The van der Waals surface area contributed by atoms with Crippen LogP contribution in [-0.2, 0) is 4.79 Å². The molecule has 114 valence electrons. The zero-order valence-electron chi connectivity index (χ0n) is 12.9. The van der Waals surface area contributed by atoms with E-state index in [4.69, 9.17) is 4.98 Å². The van der Waals surface area contributed by atoms with Gasteiger partial charge in [-0.05, 0) is 45.6 Å². The summed E-state index contributed by atoms with van der Waals surface area (Å²) < 4.78 is 0. The van der Waals surface area contributed by atoms with Gasteiger partial charge in [0.1, 0.15) is 11.6 Å². The number of carbonyl (C=O) groups excluding carboxylic acids is 1. The van der Waals surface area contributed by atoms with E-state index in [9.17, 15) is 4.79 Å². The van der Waals surface area contributed by atoms with Crippen molar-refractivity contribution in [2.24, 2.45) is 5.92 Å². The van der Waals surface area contributed by atoms with Crippen molar-refractivity contribution in [1.82, 2.24) is 15.3 Å². The molecular formula is C16H24N4O. The second kappa shape index (κ2) is 6.00.